The number of nitrogens with one attached hydrogen (secondary N) is 2. The fraction of sp³-hybridized carbons (Fsp3) is 1.00. The van der Waals surface area contributed by atoms with Gasteiger partial charge in [0.1, 0.15) is 0 Å². The summed E-state index contributed by atoms with van der Waals surface area (Å²) in [5.74, 6) is 0. The van der Waals surface area contributed by atoms with E-state index in [4.69, 9.17) is 10.8 Å². The summed E-state index contributed by atoms with van der Waals surface area (Å²) < 4.78 is 0. The summed E-state index contributed by atoms with van der Waals surface area (Å²) in [6, 6.07) is 0. The molecule has 0 spiro atoms. The van der Waals surface area contributed by atoms with Crippen molar-refractivity contribution in [3.8, 4) is 0 Å². The molecule has 0 unspecified atom stereocenters. The van der Waals surface area contributed by atoms with Crippen LogP contribution in [0.25, 0.3) is 0 Å². The van der Waals surface area contributed by atoms with Gasteiger partial charge < -0.3 is 16.2 Å². The number of aliphatic hydroxyl groups is 1. The second-order valence-electron chi connectivity index (χ2n) is 2.86. The summed E-state index contributed by atoms with van der Waals surface area (Å²) in [7, 11) is 1.94. The van der Waals surface area contributed by atoms with Crippen LogP contribution in [-0.4, -0.2) is 56.5 Å². The van der Waals surface area contributed by atoms with Crippen molar-refractivity contribution in [3.63, 3.8) is 0 Å². The van der Waals surface area contributed by atoms with E-state index in [0.29, 0.717) is 13.1 Å². The first kappa shape index (κ1) is 12.8. The SMILES string of the molecule is CNCCCNN(CCN)CCO. The third-order valence-electron chi connectivity index (χ3n) is 1.71. The van der Waals surface area contributed by atoms with E-state index in [0.717, 1.165) is 26.1 Å². The minimum Gasteiger partial charge on any atom is -0.395 e. The van der Waals surface area contributed by atoms with Crippen LogP contribution in [0.5, 0.6) is 0 Å². The molecule has 0 bridgehead atoms. The molecule has 0 fully saturated rings. The Kier molecular flexibility index (Phi) is 9.73. The standard InChI is InChI=1S/C8H22N4O/c1-10-4-2-5-11-12(6-3-9)7-8-13/h10-11,13H,2-9H2,1H3. The van der Waals surface area contributed by atoms with Crippen molar-refractivity contribution in [1.29, 1.82) is 0 Å². The highest BCUT2D eigenvalue weighted by molar-refractivity contribution is 4.53. The quantitative estimate of drug-likeness (QED) is 0.259. The van der Waals surface area contributed by atoms with Crippen LogP contribution < -0.4 is 16.5 Å². The van der Waals surface area contributed by atoms with Crippen molar-refractivity contribution in [2.45, 2.75) is 6.42 Å². The minimum absolute atomic E-state index is 0.166. The molecule has 0 saturated heterocycles. The highest BCUT2D eigenvalue weighted by Gasteiger charge is 2.00. The lowest BCUT2D eigenvalue weighted by Crippen LogP contribution is -2.43. The van der Waals surface area contributed by atoms with Crippen molar-refractivity contribution >= 4 is 0 Å². The van der Waals surface area contributed by atoms with Gasteiger partial charge in [-0.3, -0.25) is 5.43 Å². The van der Waals surface area contributed by atoms with Crippen LogP contribution in [0.2, 0.25) is 0 Å². The van der Waals surface area contributed by atoms with E-state index in [1.54, 1.807) is 0 Å². The fourth-order valence-electron chi connectivity index (χ4n) is 1.05. The normalized spacial score (nSPS) is 11.1. The molecule has 0 aliphatic carbocycles. The first-order valence-corrected chi connectivity index (χ1v) is 4.79. The molecule has 0 rings (SSSR count). The number of rotatable bonds is 9. The Hall–Kier alpha value is -0.200. The van der Waals surface area contributed by atoms with Gasteiger partial charge in [0, 0.05) is 26.2 Å². The third kappa shape index (κ3) is 8.14. The lowest BCUT2D eigenvalue weighted by molar-refractivity contribution is 0.146. The summed E-state index contributed by atoms with van der Waals surface area (Å²) >= 11 is 0. The molecule has 5 heteroatoms. The number of hydrogen-bond donors (Lipinski definition) is 4. The van der Waals surface area contributed by atoms with E-state index in [2.05, 4.69) is 10.7 Å². The topological polar surface area (TPSA) is 73.5 Å². The molecule has 13 heavy (non-hydrogen) atoms. The lowest BCUT2D eigenvalue weighted by Gasteiger charge is -2.21. The van der Waals surface area contributed by atoms with E-state index >= 15 is 0 Å². The van der Waals surface area contributed by atoms with Gasteiger partial charge in [0.15, 0.2) is 0 Å². The Balaban J connectivity index is 3.33. The number of hydrazine groups is 1. The van der Waals surface area contributed by atoms with Crippen molar-refractivity contribution in [1.82, 2.24) is 15.8 Å². The summed E-state index contributed by atoms with van der Waals surface area (Å²) in [5.41, 5.74) is 8.62. The van der Waals surface area contributed by atoms with Gasteiger partial charge in [0.05, 0.1) is 6.61 Å². The maximum absolute atomic E-state index is 8.73. The fourth-order valence-corrected chi connectivity index (χ4v) is 1.05. The summed E-state index contributed by atoms with van der Waals surface area (Å²) in [6.07, 6.45) is 1.07. The van der Waals surface area contributed by atoms with Crippen LogP contribution >= 0.6 is 0 Å². The zero-order chi connectivity index (χ0) is 9.94. The van der Waals surface area contributed by atoms with Gasteiger partial charge in [0.25, 0.3) is 0 Å². The Labute approximate surface area is 80.3 Å². The zero-order valence-corrected chi connectivity index (χ0v) is 8.42. The predicted octanol–water partition coefficient (Wildman–Crippen LogP) is -1.65. The molecule has 0 atom stereocenters. The summed E-state index contributed by atoms with van der Waals surface area (Å²) in [4.78, 5) is 0. The number of hydrogen-bond acceptors (Lipinski definition) is 5. The molecule has 5 nitrogen and oxygen atoms in total. The molecular weight excluding hydrogens is 168 g/mol. The maximum Gasteiger partial charge on any atom is 0.0572 e. The number of aliphatic hydroxyl groups excluding tert-OH is 1. The average Bonchev–Trinajstić information content (AvgIpc) is 2.13. The first-order chi connectivity index (χ1) is 6.35. The molecule has 80 valence electrons. The summed E-state index contributed by atoms with van der Waals surface area (Å²) in [6.45, 7) is 4.11. The van der Waals surface area contributed by atoms with Gasteiger partial charge in [0.2, 0.25) is 0 Å². The van der Waals surface area contributed by atoms with Crippen LogP contribution in [0.15, 0.2) is 0 Å². The number of nitrogens with zero attached hydrogens (tertiary/aromatic N) is 1. The molecule has 0 saturated carbocycles. The molecule has 0 heterocycles. The van der Waals surface area contributed by atoms with Crippen LogP contribution in [0.4, 0.5) is 0 Å². The largest absolute Gasteiger partial charge is 0.395 e. The Bertz CT molecular complexity index is 96.1. The average molecular weight is 190 g/mol. The lowest BCUT2D eigenvalue weighted by atomic mass is 10.4. The molecule has 0 amide bonds. The van der Waals surface area contributed by atoms with Gasteiger partial charge in [-0.15, -0.1) is 0 Å². The van der Waals surface area contributed by atoms with E-state index in [9.17, 15) is 0 Å². The predicted molar refractivity (Wildman–Crippen MR) is 54.3 cm³/mol. The van der Waals surface area contributed by atoms with Crippen molar-refractivity contribution in [2.75, 3.05) is 46.4 Å². The van der Waals surface area contributed by atoms with Crippen molar-refractivity contribution < 1.29 is 5.11 Å². The van der Waals surface area contributed by atoms with Crippen LogP contribution in [0.1, 0.15) is 6.42 Å². The van der Waals surface area contributed by atoms with Gasteiger partial charge in [-0.05, 0) is 20.0 Å². The van der Waals surface area contributed by atoms with Crippen molar-refractivity contribution in [2.24, 2.45) is 5.73 Å². The first-order valence-electron chi connectivity index (χ1n) is 4.79. The van der Waals surface area contributed by atoms with Crippen LogP contribution in [0, 0.1) is 0 Å². The molecule has 0 aliphatic rings. The zero-order valence-electron chi connectivity index (χ0n) is 8.42. The smallest absolute Gasteiger partial charge is 0.0572 e. The highest BCUT2D eigenvalue weighted by Crippen LogP contribution is 1.81. The second-order valence-corrected chi connectivity index (χ2v) is 2.86. The maximum atomic E-state index is 8.73. The van der Waals surface area contributed by atoms with Gasteiger partial charge >= 0.3 is 0 Å². The molecule has 0 radical (unpaired) electrons. The molecular formula is C8H22N4O. The van der Waals surface area contributed by atoms with E-state index < -0.39 is 0 Å². The highest BCUT2D eigenvalue weighted by atomic mass is 16.3. The second kappa shape index (κ2) is 9.88. The van der Waals surface area contributed by atoms with E-state index in [-0.39, 0.29) is 6.61 Å². The number of nitrogens with two attached hydrogens (primary N) is 1. The van der Waals surface area contributed by atoms with Gasteiger partial charge in [-0.1, -0.05) is 0 Å². The minimum atomic E-state index is 0.166. The summed E-state index contributed by atoms with van der Waals surface area (Å²) in [5, 5.41) is 13.8. The monoisotopic (exact) mass is 190 g/mol. The molecule has 0 aromatic carbocycles. The third-order valence-corrected chi connectivity index (χ3v) is 1.71. The van der Waals surface area contributed by atoms with Crippen LogP contribution in [0.3, 0.4) is 0 Å². The van der Waals surface area contributed by atoms with Gasteiger partial charge in [-0.2, -0.15) is 0 Å². The molecule has 0 aromatic heterocycles. The van der Waals surface area contributed by atoms with Crippen molar-refractivity contribution in [3.05, 3.63) is 0 Å². The Morgan fingerprint density at radius 2 is 2.08 bits per heavy atom. The Morgan fingerprint density at radius 3 is 2.62 bits per heavy atom. The van der Waals surface area contributed by atoms with E-state index in [1.807, 2.05) is 12.1 Å². The van der Waals surface area contributed by atoms with Gasteiger partial charge in [-0.25, -0.2) is 5.01 Å². The molecule has 0 aliphatic heterocycles. The van der Waals surface area contributed by atoms with E-state index in [1.165, 1.54) is 0 Å². The Morgan fingerprint density at radius 1 is 1.31 bits per heavy atom. The molecule has 5 N–H and O–H groups in total. The van der Waals surface area contributed by atoms with Crippen LogP contribution in [-0.2, 0) is 0 Å². The molecule has 0 aromatic rings.